The van der Waals surface area contributed by atoms with Crippen molar-refractivity contribution in [2.24, 2.45) is 5.11 Å². The minimum atomic E-state index is -2.27. The molecule has 2 aliphatic rings. The molecular weight excluding hydrogens is 787 g/mol. The van der Waals surface area contributed by atoms with E-state index in [0.717, 1.165) is 22.3 Å². The predicted octanol–water partition coefficient (Wildman–Crippen LogP) is 10.9. The van der Waals surface area contributed by atoms with E-state index in [1.165, 1.54) is 0 Å². The monoisotopic (exact) mass is 849 g/mol. The number of benzene rings is 4. The molecule has 6 rings (SSSR count). The second-order valence-electron chi connectivity index (χ2n) is 16.8. The fraction of sp³-hybridized carbons (Fsp3) is 0.469. The van der Waals surface area contributed by atoms with E-state index >= 15 is 0 Å². The first-order valence-corrected chi connectivity index (χ1v) is 23.7. The maximum Gasteiger partial charge on any atom is 0.200 e. The number of nitrogens with zero attached hydrogens (tertiary/aromatic N) is 3. The van der Waals surface area contributed by atoms with E-state index in [1.807, 2.05) is 127 Å². The Balaban J connectivity index is 1.32. The van der Waals surface area contributed by atoms with E-state index in [0.29, 0.717) is 36.4 Å². The van der Waals surface area contributed by atoms with Gasteiger partial charge in [0.15, 0.2) is 6.29 Å². The highest BCUT2D eigenvalue weighted by molar-refractivity contribution is 6.77. The Labute approximate surface area is 363 Å². The fourth-order valence-electron chi connectivity index (χ4n) is 8.84. The number of hydrogen-bond donors (Lipinski definition) is 0. The second kappa shape index (κ2) is 23.2. The van der Waals surface area contributed by atoms with E-state index < -0.39 is 57.3 Å². The van der Waals surface area contributed by atoms with Gasteiger partial charge in [-0.2, -0.15) is 0 Å². The third kappa shape index (κ3) is 12.4. The van der Waals surface area contributed by atoms with Gasteiger partial charge >= 0.3 is 0 Å². The van der Waals surface area contributed by atoms with Crippen LogP contribution in [0, 0.1) is 0 Å². The second-order valence-corrected chi connectivity index (χ2v) is 22.2. The Bertz CT molecular complexity index is 1910. The summed E-state index contributed by atoms with van der Waals surface area (Å²) < 4.78 is 53.8. The summed E-state index contributed by atoms with van der Waals surface area (Å²) in [5.74, 6) is 0. The molecule has 0 spiro atoms. The number of ether oxygens (including phenoxy) is 7. The summed E-state index contributed by atoms with van der Waals surface area (Å²) >= 11 is 0. The smallest absolute Gasteiger partial charge is 0.200 e. The van der Waals surface area contributed by atoms with Gasteiger partial charge < -0.3 is 37.6 Å². The van der Waals surface area contributed by atoms with Crippen molar-refractivity contribution in [3.05, 3.63) is 166 Å². The maximum absolute atomic E-state index is 10.1. The molecule has 11 nitrogen and oxygen atoms in total. The van der Waals surface area contributed by atoms with Gasteiger partial charge in [0.2, 0.25) is 8.32 Å². The molecule has 8 atom stereocenters. The molecule has 0 aromatic heterocycles. The number of rotatable bonds is 22. The molecule has 0 unspecified atom stereocenters. The van der Waals surface area contributed by atoms with E-state index in [9.17, 15) is 5.53 Å². The first-order valence-electron chi connectivity index (χ1n) is 21.6. The largest absolute Gasteiger partial charge is 0.493 e. The van der Waals surface area contributed by atoms with Crippen LogP contribution in [-0.4, -0.2) is 70.5 Å². The third-order valence-corrected chi connectivity index (χ3v) is 17.8. The average molecular weight is 850 g/mol. The lowest BCUT2D eigenvalue weighted by molar-refractivity contribution is -0.302. The van der Waals surface area contributed by atoms with Crippen LogP contribution >= 0.6 is 0 Å². The van der Waals surface area contributed by atoms with E-state index in [4.69, 9.17) is 37.6 Å². The lowest BCUT2D eigenvalue weighted by Crippen LogP contribution is -2.61. The summed E-state index contributed by atoms with van der Waals surface area (Å²) in [6.07, 6.45) is -1.54. The van der Waals surface area contributed by atoms with Gasteiger partial charge in [-0.25, -0.2) is 0 Å². The summed E-state index contributed by atoms with van der Waals surface area (Å²) in [5, 5.41) is 4.33. The Morgan fingerprint density at radius 1 is 0.590 bits per heavy atom. The van der Waals surface area contributed by atoms with Gasteiger partial charge in [-0.3, -0.25) is 0 Å². The van der Waals surface area contributed by atoms with E-state index in [2.05, 4.69) is 51.6 Å². The molecule has 4 aromatic rings. The molecule has 0 radical (unpaired) electrons. The van der Waals surface area contributed by atoms with Gasteiger partial charge in [0.1, 0.15) is 42.7 Å². The van der Waals surface area contributed by atoms with Crippen molar-refractivity contribution in [2.45, 2.75) is 134 Å². The van der Waals surface area contributed by atoms with Crippen molar-refractivity contribution >= 4 is 8.32 Å². The molecule has 0 saturated carbocycles. The zero-order valence-corrected chi connectivity index (χ0v) is 37.4. The zero-order valence-electron chi connectivity index (χ0n) is 36.4. The summed E-state index contributed by atoms with van der Waals surface area (Å²) in [4.78, 5) is 3.31. The lowest BCUT2D eigenvalue weighted by Gasteiger charge is -2.47. The van der Waals surface area contributed by atoms with Crippen LogP contribution in [-0.2, 0) is 64.0 Å². The van der Waals surface area contributed by atoms with Crippen molar-refractivity contribution in [1.29, 1.82) is 0 Å². The lowest BCUT2D eigenvalue weighted by atomic mass is 9.96. The molecule has 0 aliphatic carbocycles. The molecule has 61 heavy (non-hydrogen) atoms. The molecule has 0 N–H and O–H groups in total. The van der Waals surface area contributed by atoms with Crippen LogP contribution in [0.25, 0.3) is 10.4 Å². The maximum atomic E-state index is 10.1. The van der Waals surface area contributed by atoms with Crippen molar-refractivity contribution in [2.75, 3.05) is 13.2 Å². The molecular formula is C49H63N3O8Si. The summed E-state index contributed by atoms with van der Waals surface area (Å²) in [6.45, 7) is 15.3. The standard InChI is InChI=1S/C49H63N3O8Si/c1-35(2)61(36(3)4,37(5)6)58-34-43-46(55-30-39-21-13-8-14-22-39)42(27-28-54-43)59-49-45(51-52-50)48(57-32-41-25-17-10-18-26-41)47(56-31-40-23-15-9-16-24-40)44(60-49)33-53-29-38-19-11-7-12-20-38/h7-28,35-37,42-49H,29-34H2,1-6H3/t42-,43-,44-,45-,46-,47-,48-,49-/m1/s1. The molecule has 1 fully saturated rings. The van der Waals surface area contributed by atoms with Crippen LogP contribution in [0.3, 0.4) is 0 Å². The molecule has 0 bridgehead atoms. The fourth-order valence-corrected chi connectivity index (χ4v) is 14.3. The van der Waals surface area contributed by atoms with Gasteiger partial charge in [-0.15, -0.1) is 0 Å². The van der Waals surface area contributed by atoms with Crippen molar-refractivity contribution < 1.29 is 37.6 Å². The number of hydrogen-bond acceptors (Lipinski definition) is 9. The van der Waals surface area contributed by atoms with Crippen LogP contribution in [0.5, 0.6) is 0 Å². The summed E-state index contributed by atoms with van der Waals surface area (Å²) in [6, 6.07) is 38.8. The van der Waals surface area contributed by atoms with Crippen LogP contribution in [0.4, 0.5) is 0 Å². The molecule has 0 amide bonds. The Morgan fingerprint density at radius 3 is 1.52 bits per heavy atom. The molecule has 4 aromatic carbocycles. The average Bonchev–Trinajstić information content (AvgIpc) is 3.27. The Hall–Kier alpha value is -4.33. The van der Waals surface area contributed by atoms with Crippen LogP contribution in [0.2, 0.25) is 16.6 Å². The van der Waals surface area contributed by atoms with Gasteiger partial charge in [-0.1, -0.05) is 168 Å². The highest BCUT2D eigenvalue weighted by Crippen LogP contribution is 2.43. The molecule has 1 saturated heterocycles. The minimum Gasteiger partial charge on any atom is -0.493 e. The Morgan fingerprint density at radius 2 is 1.05 bits per heavy atom. The van der Waals surface area contributed by atoms with Crippen molar-refractivity contribution in [3.8, 4) is 0 Å². The molecule has 326 valence electrons. The summed E-state index contributed by atoms with van der Waals surface area (Å²) in [5.41, 5.74) is 15.2. The zero-order chi connectivity index (χ0) is 43.0. The number of azide groups is 1. The predicted molar refractivity (Wildman–Crippen MR) is 239 cm³/mol. The van der Waals surface area contributed by atoms with Gasteiger partial charge in [-0.05, 0) is 50.5 Å². The van der Waals surface area contributed by atoms with Gasteiger partial charge in [0, 0.05) is 4.91 Å². The van der Waals surface area contributed by atoms with Crippen LogP contribution < -0.4 is 0 Å². The summed E-state index contributed by atoms with van der Waals surface area (Å²) in [7, 11) is -2.27. The van der Waals surface area contributed by atoms with Crippen molar-refractivity contribution in [1.82, 2.24) is 0 Å². The molecule has 2 aliphatic heterocycles. The highest BCUT2D eigenvalue weighted by atomic mass is 28.4. The Kier molecular flexibility index (Phi) is 17.6. The van der Waals surface area contributed by atoms with Crippen LogP contribution in [0.1, 0.15) is 63.8 Å². The first-order chi connectivity index (χ1) is 29.7. The molecule has 12 heteroatoms. The highest BCUT2D eigenvalue weighted by Gasteiger charge is 2.51. The normalized spacial score (nSPS) is 24.1. The topological polar surface area (TPSA) is 123 Å². The van der Waals surface area contributed by atoms with E-state index in [1.54, 1.807) is 6.26 Å². The van der Waals surface area contributed by atoms with Gasteiger partial charge in [0.25, 0.3) is 0 Å². The minimum absolute atomic E-state index is 0.155. The molecule has 2 heterocycles. The quantitative estimate of drug-likeness (QED) is 0.0331. The first kappa shape index (κ1) is 46.2. The third-order valence-electron chi connectivity index (χ3n) is 11.8. The SMILES string of the molecule is CC(C)[Si](OC[C@H]1OC=C[C@@H](O[C@@H]2O[C@H](COCc3ccccc3)[C@@H](OCc3ccccc3)[C@H](OCc3ccccc3)[C@H]2N=[N+]=[N-])[C@H]1OCc1ccccc1)(C(C)C)C(C)C. The van der Waals surface area contributed by atoms with Crippen LogP contribution in [0.15, 0.2) is 139 Å². The van der Waals surface area contributed by atoms with Gasteiger partial charge in [0.05, 0.1) is 45.9 Å². The van der Waals surface area contributed by atoms with Crippen molar-refractivity contribution in [3.63, 3.8) is 0 Å². The van der Waals surface area contributed by atoms with E-state index in [-0.39, 0.29) is 19.8 Å².